The molecule has 0 spiro atoms. The topological polar surface area (TPSA) is 85.6 Å². The van der Waals surface area contributed by atoms with E-state index in [9.17, 15) is 14.4 Å². The van der Waals surface area contributed by atoms with Crippen molar-refractivity contribution in [1.82, 2.24) is 5.32 Å². The lowest BCUT2D eigenvalue weighted by molar-refractivity contribution is -0.147. The molecule has 0 unspecified atom stereocenters. The highest BCUT2D eigenvalue weighted by Crippen LogP contribution is 2.21. The second kappa shape index (κ2) is 7.80. The smallest absolute Gasteiger partial charge is 0.310 e. The Morgan fingerprint density at radius 2 is 1.96 bits per heavy atom. The van der Waals surface area contributed by atoms with Crippen LogP contribution in [0, 0.1) is 0 Å². The number of amides is 2. The Labute approximate surface area is 141 Å². The fourth-order valence-corrected chi connectivity index (χ4v) is 2.12. The molecule has 0 aliphatic rings. The molecule has 23 heavy (non-hydrogen) atoms. The minimum absolute atomic E-state index is 0.0161. The van der Waals surface area contributed by atoms with Gasteiger partial charge in [0.1, 0.15) is 0 Å². The molecule has 2 rings (SSSR count). The summed E-state index contributed by atoms with van der Waals surface area (Å²) in [5.41, 5.74) is 0.521. The van der Waals surface area contributed by atoms with Gasteiger partial charge in [0.2, 0.25) is 0 Å². The zero-order valence-electron chi connectivity index (χ0n) is 11.7. The van der Waals surface area contributed by atoms with Crippen molar-refractivity contribution in [2.24, 2.45) is 0 Å². The molecule has 1 aromatic heterocycles. The van der Waals surface area contributed by atoms with Crippen LogP contribution < -0.4 is 5.32 Å². The van der Waals surface area contributed by atoms with E-state index in [-0.39, 0.29) is 12.2 Å². The molecule has 0 aliphatic carbocycles. The van der Waals surface area contributed by atoms with E-state index in [1.807, 2.05) is 5.32 Å². The summed E-state index contributed by atoms with van der Waals surface area (Å²) in [6, 6.07) is 7.59. The normalized spacial score (nSPS) is 10.2. The standard InChI is InChI=1S/C15H11Cl2NO5/c16-10-4-3-9(11(17)7-10)6-14(20)23-8-13(19)18-15(21)12-2-1-5-22-12/h1-5,7H,6,8H2,(H,18,19,21). The van der Waals surface area contributed by atoms with Gasteiger partial charge < -0.3 is 9.15 Å². The van der Waals surface area contributed by atoms with E-state index < -0.39 is 24.4 Å². The maximum Gasteiger partial charge on any atom is 0.310 e. The lowest BCUT2D eigenvalue weighted by Crippen LogP contribution is -2.34. The number of furan rings is 1. The fraction of sp³-hybridized carbons (Fsp3) is 0.133. The van der Waals surface area contributed by atoms with Gasteiger partial charge in [-0.3, -0.25) is 19.7 Å². The molecule has 6 nitrogen and oxygen atoms in total. The van der Waals surface area contributed by atoms with Gasteiger partial charge in [-0.05, 0) is 29.8 Å². The summed E-state index contributed by atoms with van der Waals surface area (Å²) in [5.74, 6) is -2.15. The molecule has 0 fully saturated rings. The highest BCUT2D eigenvalue weighted by molar-refractivity contribution is 6.35. The average Bonchev–Trinajstić information content (AvgIpc) is 3.02. The van der Waals surface area contributed by atoms with Crippen LogP contribution in [0.15, 0.2) is 41.0 Å². The van der Waals surface area contributed by atoms with Crippen LogP contribution in [-0.2, 0) is 20.7 Å². The van der Waals surface area contributed by atoms with Crippen LogP contribution in [0.3, 0.4) is 0 Å². The number of imide groups is 1. The van der Waals surface area contributed by atoms with Gasteiger partial charge in [-0.15, -0.1) is 0 Å². The largest absolute Gasteiger partial charge is 0.459 e. The summed E-state index contributed by atoms with van der Waals surface area (Å²) < 4.78 is 9.61. The minimum Gasteiger partial charge on any atom is -0.459 e. The van der Waals surface area contributed by atoms with E-state index in [2.05, 4.69) is 0 Å². The second-order valence-electron chi connectivity index (χ2n) is 4.43. The van der Waals surface area contributed by atoms with E-state index in [1.165, 1.54) is 24.5 Å². The van der Waals surface area contributed by atoms with E-state index >= 15 is 0 Å². The summed E-state index contributed by atoms with van der Waals surface area (Å²) in [4.78, 5) is 34.7. The van der Waals surface area contributed by atoms with Crippen LogP contribution in [0.25, 0.3) is 0 Å². The van der Waals surface area contributed by atoms with Crippen molar-refractivity contribution >= 4 is 41.0 Å². The molecule has 120 valence electrons. The summed E-state index contributed by atoms with van der Waals surface area (Å²) >= 11 is 11.7. The summed E-state index contributed by atoms with van der Waals surface area (Å²) in [5, 5.41) is 2.80. The Morgan fingerprint density at radius 3 is 2.61 bits per heavy atom. The molecule has 0 radical (unpaired) electrons. The first-order valence-corrected chi connectivity index (χ1v) is 7.18. The van der Waals surface area contributed by atoms with Crippen LogP contribution in [0.1, 0.15) is 16.1 Å². The predicted octanol–water partition coefficient (Wildman–Crippen LogP) is 2.63. The number of nitrogens with one attached hydrogen (secondary N) is 1. The fourth-order valence-electron chi connectivity index (χ4n) is 1.65. The summed E-state index contributed by atoms with van der Waals surface area (Å²) in [6.07, 6.45) is 1.19. The molecule has 8 heteroatoms. The van der Waals surface area contributed by atoms with E-state index in [0.29, 0.717) is 15.6 Å². The number of hydrogen-bond acceptors (Lipinski definition) is 5. The van der Waals surface area contributed by atoms with Gasteiger partial charge in [-0.2, -0.15) is 0 Å². The number of halogens is 2. The maximum atomic E-state index is 11.7. The van der Waals surface area contributed by atoms with Crippen molar-refractivity contribution < 1.29 is 23.5 Å². The Morgan fingerprint density at radius 1 is 1.17 bits per heavy atom. The van der Waals surface area contributed by atoms with Crippen LogP contribution in [-0.4, -0.2) is 24.4 Å². The minimum atomic E-state index is -0.762. The number of carbonyl (C=O) groups is 3. The van der Waals surface area contributed by atoms with Gasteiger partial charge in [-0.1, -0.05) is 29.3 Å². The predicted molar refractivity (Wildman–Crippen MR) is 82.3 cm³/mol. The molecule has 1 aromatic carbocycles. The molecule has 1 heterocycles. The molecule has 0 saturated carbocycles. The first-order chi connectivity index (χ1) is 11.0. The molecule has 2 aromatic rings. The second-order valence-corrected chi connectivity index (χ2v) is 5.27. The first kappa shape index (κ1) is 17.1. The Bertz CT molecular complexity index is 727. The Hall–Kier alpha value is -2.31. The van der Waals surface area contributed by atoms with Gasteiger partial charge in [-0.25, -0.2) is 0 Å². The van der Waals surface area contributed by atoms with Gasteiger partial charge in [0, 0.05) is 10.0 Å². The van der Waals surface area contributed by atoms with Gasteiger partial charge in [0.25, 0.3) is 11.8 Å². The van der Waals surface area contributed by atoms with Crippen LogP contribution in [0.5, 0.6) is 0 Å². The number of hydrogen-bond donors (Lipinski definition) is 1. The molecular weight excluding hydrogens is 345 g/mol. The molecule has 0 saturated heterocycles. The van der Waals surface area contributed by atoms with E-state index in [0.717, 1.165) is 0 Å². The molecule has 0 bridgehead atoms. The summed E-state index contributed by atoms with van der Waals surface area (Å²) in [6.45, 7) is -0.587. The van der Waals surface area contributed by atoms with Crippen molar-refractivity contribution in [3.05, 3.63) is 58.0 Å². The van der Waals surface area contributed by atoms with Gasteiger partial charge >= 0.3 is 5.97 Å². The first-order valence-electron chi connectivity index (χ1n) is 6.43. The van der Waals surface area contributed by atoms with Crippen molar-refractivity contribution in [1.29, 1.82) is 0 Å². The highest BCUT2D eigenvalue weighted by Gasteiger charge is 2.15. The van der Waals surface area contributed by atoms with Crippen molar-refractivity contribution in [3.8, 4) is 0 Å². The van der Waals surface area contributed by atoms with Crippen LogP contribution in [0.2, 0.25) is 10.0 Å². The van der Waals surface area contributed by atoms with Crippen LogP contribution in [0.4, 0.5) is 0 Å². The number of esters is 1. The van der Waals surface area contributed by atoms with Crippen molar-refractivity contribution in [2.75, 3.05) is 6.61 Å². The van der Waals surface area contributed by atoms with Crippen molar-refractivity contribution in [3.63, 3.8) is 0 Å². The zero-order valence-corrected chi connectivity index (χ0v) is 13.2. The average molecular weight is 356 g/mol. The number of ether oxygens (including phenoxy) is 1. The monoisotopic (exact) mass is 355 g/mol. The van der Waals surface area contributed by atoms with E-state index in [1.54, 1.807) is 12.1 Å². The lowest BCUT2D eigenvalue weighted by atomic mass is 10.1. The number of benzene rings is 1. The Kier molecular flexibility index (Phi) is 5.78. The van der Waals surface area contributed by atoms with Crippen LogP contribution >= 0.6 is 23.2 Å². The number of carbonyl (C=O) groups excluding carboxylic acids is 3. The van der Waals surface area contributed by atoms with E-state index in [4.69, 9.17) is 32.4 Å². The zero-order chi connectivity index (χ0) is 16.8. The molecule has 2 amide bonds. The number of rotatable bonds is 5. The molecular formula is C15H11Cl2NO5. The third-order valence-corrected chi connectivity index (χ3v) is 3.30. The highest BCUT2D eigenvalue weighted by atomic mass is 35.5. The Balaban J connectivity index is 1.79. The van der Waals surface area contributed by atoms with Gasteiger partial charge in [0.05, 0.1) is 12.7 Å². The molecule has 0 aliphatic heterocycles. The molecule has 1 N–H and O–H groups in total. The lowest BCUT2D eigenvalue weighted by Gasteiger charge is -2.06. The third kappa shape index (κ3) is 5.12. The SMILES string of the molecule is O=C(COC(=O)Cc1ccc(Cl)cc1Cl)NC(=O)c1ccco1. The third-order valence-electron chi connectivity index (χ3n) is 2.71. The van der Waals surface area contributed by atoms with Crippen molar-refractivity contribution in [2.45, 2.75) is 6.42 Å². The summed E-state index contributed by atoms with van der Waals surface area (Å²) in [7, 11) is 0. The molecule has 0 atom stereocenters. The van der Waals surface area contributed by atoms with Gasteiger partial charge in [0.15, 0.2) is 12.4 Å². The quantitative estimate of drug-likeness (QED) is 0.833. The maximum absolute atomic E-state index is 11.7.